The molecule has 6 heteroatoms. The molecule has 1 aliphatic heterocycles. The first-order valence-electron chi connectivity index (χ1n) is 7.63. The van der Waals surface area contributed by atoms with Crippen molar-refractivity contribution >= 4 is 5.91 Å². The summed E-state index contributed by atoms with van der Waals surface area (Å²) in [5.74, 6) is 1.99. The van der Waals surface area contributed by atoms with Gasteiger partial charge in [0.05, 0.1) is 0 Å². The standard InChI is InChI=1S/C16H21N5O/c1-11-9-14(16-17-6-8-20(16)3)19-15(18-11)13-5-4-7-21(10-13)12(2)22/h6,8-9,13H,4-5,7,10H2,1-3H3. The first-order chi connectivity index (χ1) is 10.5. The zero-order valence-electron chi connectivity index (χ0n) is 13.3. The number of carbonyl (C=O) groups excluding carboxylic acids is 1. The summed E-state index contributed by atoms with van der Waals surface area (Å²) in [4.78, 5) is 27.2. The minimum Gasteiger partial charge on any atom is -0.342 e. The van der Waals surface area contributed by atoms with Crippen molar-refractivity contribution in [3.63, 3.8) is 0 Å². The monoisotopic (exact) mass is 299 g/mol. The topological polar surface area (TPSA) is 63.9 Å². The van der Waals surface area contributed by atoms with E-state index in [-0.39, 0.29) is 11.8 Å². The van der Waals surface area contributed by atoms with Gasteiger partial charge in [0.15, 0.2) is 5.82 Å². The molecular weight excluding hydrogens is 278 g/mol. The van der Waals surface area contributed by atoms with Gasteiger partial charge in [0.2, 0.25) is 5.91 Å². The van der Waals surface area contributed by atoms with Crippen LogP contribution in [0.25, 0.3) is 11.5 Å². The summed E-state index contributed by atoms with van der Waals surface area (Å²) in [6.07, 6.45) is 5.70. The molecular formula is C16H21N5O. The zero-order valence-corrected chi connectivity index (χ0v) is 13.3. The molecule has 0 aromatic carbocycles. The molecule has 1 saturated heterocycles. The van der Waals surface area contributed by atoms with E-state index in [9.17, 15) is 4.79 Å². The van der Waals surface area contributed by atoms with E-state index in [1.807, 2.05) is 35.7 Å². The molecule has 1 fully saturated rings. The number of aryl methyl sites for hydroxylation is 2. The van der Waals surface area contributed by atoms with Gasteiger partial charge in [0, 0.05) is 51.1 Å². The van der Waals surface area contributed by atoms with Crippen molar-refractivity contribution in [1.82, 2.24) is 24.4 Å². The van der Waals surface area contributed by atoms with E-state index >= 15 is 0 Å². The van der Waals surface area contributed by atoms with Crippen molar-refractivity contribution in [1.29, 1.82) is 0 Å². The summed E-state index contributed by atoms with van der Waals surface area (Å²) in [6, 6.07) is 1.96. The van der Waals surface area contributed by atoms with Gasteiger partial charge in [0.25, 0.3) is 0 Å². The van der Waals surface area contributed by atoms with E-state index in [0.29, 0.717) is 6.54 Å². The summed E-state index contributed by atoms with van der Waals surface area (Å²) in [5, 5.41) is 0. The number of aromatic nitrogens is 4. The fourth-order valence-electron chi connectivity index (χ4n) is 2.97. The minimum atomic E-state index is 0.127. The molecule has 2 aromatic heterocycles. The van der Waals surface area contributed by atoms with Crippen molar-refractivity contribution in [2.75, 3.05) is 13.1 Å². The fourth-order valence-corrected chi connectivity index (χ4v) is 2.97. The summed E-state index contributed by atoms with van der Waals surface area (Å²) in [7, 11) is 1.96. The van der Waals surface area contributed by atoms with Crippen LogP contribution in [0.3, 0.4) is 0 Å². The lowest BCUT2D eigenvalue weighted by Crippen LogP contribution is -2.38. The predicted molar refractivity (Wildman–Crippen MR) is 83.2 cm³/mol. The smallest absolute Gasteiger partial charge is 0.219 e. The van der Waals surface area contributed by atoms with Crippen LogP contribution in [0.15, 0.2) is 18.5 Å². The van der Waals surface area contributed by atoms with E-state index in [2.05, 4.69) is 9.97 Å². The molecule has 1 aliphatic rings. The molecule has 3 rings (SSSR count). The Labute approximate surface area is 130 Å². The Bertz CT molecular complexity index is 694. The summed E-state index contributed by atoms with van der Waals surface area (Å²) in [5.41, 5.74) is 1.78. The molecule has 3 heterocycles. The lowest BCUT2D eigenvalue weighted by atomic mass is 9.97. The highest BCUT2D eigenvalue weighted by molar-refractivity contribution is 5.73. The van der Waals surface area contributed by atoms with Crippen LogP contribution < -0.4 is 0 Å². The summed E-state index contributed by atoms with van der Waals surface area (Å²) in [6.45, 7) is 5.14. The molecule has 22 heavy (non-hydrogen) atoms. The summed E-state index contributed by atoms with van der Waals surface area (Å²) < 4.78 is 1.95. The third-order valence-corrected chi connectivity index (χ3v) is 4.15. The van der Waals surface area contributed by atoms with Crippen LogP contribution in [-0.2, 0) is 11.8 Å². The fraction of sp³-hybridized carbons (Fsp3) is 0.500. The molecule has 0 saturated carbocycles. The normalized spacial score (nSPS) is 18.5. The Morgan fingerprint density at radius 3 is 2.86 bits per heavy atom. The molecule has 116 valence electrons. The highest BCUT2D eigenvalue weighted by atomic mass is 16.2. The van der Waals surface area contributed by atoms with Gasteiger partial charge in [-0.15, -0.1) is 0 Å². The van der Waals surface area contributed by atoms with Crippen molar-refractivity contribution in [3.8, 4) is 11.5 Å². The number of hydrogen-bond donors (Lipinski definition) is 0. The highest BCUT2D eigenvalue weighted by Crippen LogP contribution is 2.26. The van der Waals surface area contributed by atoms with E-state index in [4.69, 9.17) is 4.98 Å². The van der Waals surface area contributed by atoms with Gasteiger partial charge in [-0.3, -0.25) is 4.79 Å². The van der Waals surface area contributed by atoms with Crippen LogP contribution in [0.5, 0.6) is 0 Å². The number of likely N-dealkylation sites (tertiary alicyclic amines) is 1. The van der Waals surface area contributed by atoms with Gasteiger partial charge in [-0.1, -0.05) is 0 Å². The minimum absolute atomic E-state index is 0.127. The number of piperidine rings is 1. The van der Waals surface area contributed by atoms with Gasteiger partial charge in [-0.05, 0) is 25.8 Å². The van der Waals surface area contributed by atoms with Crippen LogP contribution in [0.2, 0.25) is 0 Å². The van der Waals surface area contributed by atoms with Crippen LogP contribution >= 0.6 is 0 Å². The van der Waals surface area contributed by atoms with Gasteiger partial charge in [0.1, 0.15) is 11.5 Å². The number of carbonyl (C=O) groups is 1. The average Bonchev–Trinajstić information content (AvgIpc) is 2.93. The molecule has 0 radical (unpaired) electrons. The second-order valence-corrected chi connectivity index (χ2v) is 5.92. The van der Waals surface area contributed by atoms with Crippen LogP contribution in [0, 0.1) is 6.92 Å². The molecule has 0 N–H and O–H groups in total. The second kappa shape index (κ2) is 5.87. The largest absolute Gasteiger partial charge is 0.342 e. The van der Waals surface area contributed by atoms with Crippen molar-refractivity contribution in [2.24, 2.45) is 7.05 Å². The number of imidazole rings is 1. The van der Waals surface area contributed by atoms with E-state index in [1.165, 1.54) is 0 Å². The van der Waals surface area contributed by atoms with E-state index in [1.54, 1.807) is 13.1 Å². The van der Waals surface area contributed by atoms with Crippen LogP contribution in [-0.4, -0.2) is 43.4 Å². The molecule has 6 nitrogen and oxygen atoms in total. The highest BCUT2D eigenvalue weighted by Gasteiger charge is 2.25. The van der Waals surface area contributed by atoms with Crippen molar-refractivity contribution in [2.45, 2.75) is 32.6 Å². The molecule has 1 unspecified atom stereocenters. The SMILES string of the molecule is CC(=O)N1CCCC(c2nc(C)cc(-c3nccn3C)n2)C1. The summed E-state index contributed by atoms with van der Waals surface area (Å²) >= 11 is 0. The maximum atomic E-state index is 11.6. The third kappa shape index (κ3) is 2.86. The Morgan fingerprint density at radius 2 is 2.18 bits per heavy atom. The lowest BCUT2D eigenvalue weighted by molar-refractivity contribution is -0.130. The molecule has 0 bridgehead atoms. The third-order valence-electron chi connectivity index (χ3n) is 4.15. The van der Waals surface area contributed by atoms with Crippen molar-refractivity contribution in [3.05, 3.63) is 30.0 Å². The van der Waals surface area contributed by atoms with E-state index < -0.39 is 0 Å². The predicted octanol–water partition coefficient (Wildman–Crippen LogP) is 1.91. The number of rotatable bonds is 2. The number of hydrogen-bond acceptors (Lipinski definition) is 4. The molecule has 0 aliphatic carbocycles. The Morgan fingerprint density at radius 1 is 1.36 bits per heavy atom. The van der Waals surface area contributed by atoms with Gasteiger partial charge in [-0.2, -0.15) is 0 Å². The van der Waals surface area contributed by atoms with Crippen LogP contribution in [0.1, 0.15) is 37.2 Å². The number of nitrogens with zero attached hydrogens (tertiary/aromatic N) is 5. The Hall–Kier alpha value is -2.24. The maximum absolute atomic E-state index is 11.6. The first-order valence-corrected chi connectivity index (χ1v) is 7.63. The molecule has 1 atom stereocenters. The van der Waals surface area contributed by atoms with Gasteiger partial charge in [-0.25, -0.2) is 15.0 Å². The Kier molecular flexibility index (Phi) is 3.92. The van der Waals surface area contributed by atoms with Crippen molar-refractivity contribution < 1.29 is 4.79 Å². The molecule has 1 amide bonds. The van der Waals surface area contributed by atoms with Crippen LogP contribution in [0.4, 0.5) is 0 Å². The number of amides is 1. The van der Waals surface area contributed by atoms with E-state index in [0.717, 1.165) is 42.4 Å². The maximum Gasteiger partial charge on any atom is 0.219 e. The quantitative estimate of drug-likeness (QED) is 0.850. The lowest BCUT2D eigenvalue weighted by Gasteiger charge is -2.31. The Balaban J connectivity index is 1.93. The molecule has 2 aromatic rings. The first kappa shape index (κ1) is 14.7. The van der Waals surface area contributed by atoms with Gasteiger partial charge >= 0.3 is 0 Å². The second-order valence-electron chi connectivity index (χ2n) is 5.92. The average molecular weight is 299 g/mol. The molecule has 0 spiro atoms. The zero-order chi connectivity index (χ0) is 15.7. The van der Waals surface area contributed by atoms with Gasteiger partial charge < -0.3 is 9.47 Å².